The van der Waals surface area contributed by atoms with Crippen LogP contribution in [0.4, 0.5) is 0 Å². The normalized spacial score (nSPS) is 16.0. The second-order valence-electron chi connectivity index (χ2n) is 5.54. The molecule has 0 saturated carbocycles. The summed E-state index contributed by atoms with van der Waals surface area (Å²) in [5.74, 6) is 0.0665. The average molecular weight is 347 g/mol. The second-order valence-corrected chi connectivity index (χ2v) is 7.20. The van der Waals surface area contributed by atoms with E-state index < -0.39 is 15.9 Å². The topological polar surface area (TPSA) is 115 Å². The molecule has 0 spiro atoms. The van der Waals surface area contributed by atoms with Gasteiger partial charge in [0.1, 0.15) is 5.76 Å². The van der Waals surface area contributed by atoms with E-state index in [0.717, 1.165) is 6.42 Å². The molecule has 1 aromatic carbocycles. The summed E-state index contributed by atoms with van der Waals surface area (Å²) in [6, 6.07) is 7.99. The number of benzene rings is 1. The van der Waals surface area contributed by atoms with Crippen molar-refractivity contribution in [2.24, 2.45) is 10.8 Å². The van der Waals surface area contributed by atoms with Gasteiger partial charge in [-0.15, -0.1) is 0 Å². The van der Waals surface area contributed by atoms with Gasteiger partial charge in [-0.2, -0.15) is 18.4 Å². The molecule has 0 aliphatic heterocycles. The van der Waals surface area contributed by atoms with Crippen LogP contribution < -0.4 is 10.6 Å². The molecular weight excluding hydrogens is 330 g/mol. The monoisotopic (exact) mass is 347 g/mol. The highest BCUT2D eigenvalue weighted by Crippen LogP contribution is 2.29. The maximum atomic E-state index is 12.3. The number of nitrogens with one attached hydrogen (secondary N) is 1. The van der Waals surface area contributed by atoms with Gasteiger partial charge in [-0.3, -0.25) is 4.79 Å². The minimum absolute atomic E-state index is 0.0977. The highest BCUT2D eigenvalue weighted by Gasteiger charge is 2.27. The second kappa shape index (κ2) is 6.12. The first-order valence-corrected chi connectivity index (χ1v) is 8.94. The number of hydrogen-bond acceptors (Lipinski definition) is 5. The fraction of sp³-hybridized carbons (Fsp3) is 0.250. The molecule has 1 heterocycles. The van der Waals surface area contributed by atoms with E-state index in [9.17, 15) is 13.2 Å². The van der Waals surface area contributed by atoms with E-state index in [1.807, 2.05) is 0 Å². The van der Waals surface area contributed by atoms with Gasteiger partial charge in [-0.05, 0) is 31.9 Å². The summed E-state index contributed by atoms with van der Waals surface area (Å²) in [6.45, 7) is 1.72. The Kier molecular flexibility index (Phi) is 4.15. The van der Waals surface area contributed by atoms with Crippen molar-refractivity contribution in [3.63, 3.8) is 0 Å². The zero-order valence-electron chi connectivity index (χ0n) is 13.1. The molecule has 2 aromatic rings. The van der Waals surface area contributed by atoms with Gasteiger partial charge in [0.25, 0.3) is 15.9 Å². The summed E-state index contributed by atoms with van der Waals surface area (Å²) in [7, 11) is -3.74. The van der Waals surface area contributed by atoms with E-state index in [4.69, 9.17) is 10.2 Å². The molecule has 0 atom stereocenters. The van der Waals surface area contributed by atoms with Gasteiger partial charge in [-0.1, -0.05) is 18.2 Å². The molecule has 1 aliphatic carbocycles. The largest absolute Gasteiger partial charge is 0.455 e. The summed E-state index contributed by atoms with van der Waals surface area (Å²) in [5, 5.41) is 4.07. The molecule has 3 rings (SSSR count). The number of carbonyl (C=O) groups excluding carboxylic acids is 1. The van der Waals surface area contributed by atoms with E-state index in [1.54, 1.807) is 25.1 Å². The number of rotatable bonds is 4. The zero-order chi connectivity index (χ0) is 17.3. The molecule has 8 heteroatoms. The van der Waals surface area contributed by atoms with Crippen molar-refractivity contribution in [1.82, 2.24) is 4.83 Å². The standard InChI is InChI=1S/C16H17N3O4S/c1-10-14-12(8-5-9-13(14)23-15(10)16(17)20)18-19-24(21,22)11-6-3-2-4-7-11/h2-4,6-7,19H,5,8-9H2,1H3,(H2,17,20)/b18-12+. The molecule has 0 fully saturated rings. The Labute approximate surface area is 139 Å². The number of furan rings is 1. The molecule has 3 N–H and O–H groups in total. The summed E-state index contributed by atoms with van der Waals surface area (Å²) in [5.41, 5.74) is 7.12. The molecule has 1 amide bonds. The maximum Gasteiger partial charge on any atom is 0.284 e. The van der Waals surface area contributed by atoms with E-state index in [-0.39, 0.29) is 10.7 Å². The lowest BCUT2D eigenvalue weighted by Gasteiger charge is -2.14. The van der Waals surface area contributed by atoms with Gasteiger partial charge in [-0.25, -0.2) is 0 Å². The molecule has 0 saturated heterocycles. The molecule has 0 radical (unpaired) electrons. The Bertz CT molecular complexity index is 914. The number of nitrogens with zero attached hydrogens (tertiary/aromatic N) is 1. The van der Waals surface area contributed by atoms with Gasteiger partial charge in [0.15, 0.2) is 5.76 Å². The van der Waals surface area contributed by atoms with Crippen LogP contribution in [0.2, 0.25) is 0 Å². The first kappa shape index (κ1) is 16.3. The van der Waals surface area contributed by atoms with Crippen molar-refractivity contribution in [3.8, 4) is 0 Å². The summed E-state index contributed by atoms with van der Waals surface area (Å²) < 4.78 is 30.1. The van der Waals surface area contributed by atoms with Crippen LogP contribution in [0.3, 0.4) is 0 Å². The Morgan fingerprint density at radius 2 is 1.96 bits per heavy atom. The van der Waals surface area contributed by atoms with Crippen molar-refractivity contribution in [2.75, 3.05) is 0 Å². The third-order valence-electron chi connectivity index (χ3n) is 3.90. The van der Waals surface area contributed by atoms with E-state index >= 15 is 0 Å². The highest BCUT2D eigenvalue weighted by atomic mass is 32.2. The number of amides is 1. The van der Waals surface area contributed by atoms with Gasteiger partial charge in [0.2, 0.25) is 0 Å². The number of nitrogens with two attached hydrogens (primary N) is 1. The molecule has 7 nitrogen and oxygen atoms in total. The summed E-state index contributed by atoms with van der Waals surface area (Å²) in [6.07, 6.45) is 2.00. The lowest BCUT2D eigenvalue weighted by molar-refractivity contribution is 0.0971. The van der Waals surface area contributed by atoms with E-state index in [0.29, 0.717) is 35.4 Å². The Balaban J connectivity index is 1.95. The molecule has 0 unspecified atom stereocenters. The van der Waals surface area contributed by atoms with Crippen LogP contribution >= 0.6 is 0 Å². The lowest BCUT2D eigenvalue weighted by atomic mass is 9.93. The number of hydrazone groups is 1. The Hall–Kier alpha value is -2.61. The molecule has 1 aromatic heterocycles. The first-order valence-electron chi connectivity index (χ1n) is 7.46. The first-order chi connectivity index (χ1) is 11.4. The smallest absolute Gasteiger partial charge is 0.284 e. The quantitative estimate of drug-likeness (QED) is 0.819. The third kappa shape index (κ3) is 2.92. The van der Waals surface area contributed by atoms with Crippen LogP contribution in [-0.2, 0) is 16.4 Å². The SMILES string of the molecule is Cc1c(C(N)=O)oc2c1/C(=N/NS(=O)(=O)c1ccccc1)CCC2. The van der Waals surface area contributed by atoms with E-state index in [1.165, 1.54) is 12.1 Å². The Morgan fingerprint density at radius 1 is 1.25 bits per heavy atom. The van der Waals surface area contributed by atoms with Crippen molar-refractivity contribution < 1.29 is 17.6 Å². The maximum absolute atomic E-state index is 12.3. The number of aryl methyl sites for hydroxylation is 1. The fourth-order valence-electron chi connectivity index (χ4n) is 2.78. The van der Waals surface area contributed by atoms with Crippen molar-refractivity contribution >= 4 is 21.6 Å². The van der Waals surface area contributed by atoms with Crippen LogP contribution in [0.5, 0.6) is 0 Å². The van der Waals surface area contributed by atoms with Crippen LogP contribution in [0, 0.1) is 6.92 Å². The summed E-state index contributed by atoms with van der Waals surface area (Å²) in [4.78, 5) is 13.8. The predicted molar refractivity (Wildman–Crippen MR) is 88.2 cm³/mol. The fourth-order valence-corrected chi connectivity index (χ4v) is 3.63. The molecule has 24 heavy (non-hydrogen) atoms. The predicted octanol–water partition coefficient (Wildman–Crippen LogP) is 1.71. The number of carbonyl (C=O) groups is 1. The zero-order valence-corrected chi connectivity index (χ0v) is 13.9. The number of fused-ring (bicyclic) bond motifs is 1. The van der Waals surface area contributed by atoms with Crippen LogP contribution in [-0.4, -0.2) is 20.0 Å². The number of primary amides is 1. The molecular formula is C16H17N3O4S. The number of sulfonamides is 1. The van der Waals surface area contributed by atoms with Gasteiger partial charge in [0.05, 0.1) is 10.6 Å². The lowest BCUT2D eigenvalue weighted by Crippen LogP contribution is -2.22. The van der Waals surface area contributed by atoms with Crippen LogP contribution in [0.1, 0.15) is 40.3 Å². The van der Waals surface area contributed by atoms with Crippen molar-refractivity contribution in [1.29, 1.82) is 0 Å². The van der Waals surface area contributed by atoms with Gasteiger partial charge in [0, 0.05) is 17.5 Å². The van der Waals surface area contributed by atoms with E-state index in [2.05, 4.69) is 9.93 Å². The molecule has 126 valence electrons. The van der Waals surface area contributed by atoms with Crippen LogP contribution in [0.25, 0.3) is 0 Å². The van der Waals surface area contributed by atoms with Crippen LogP contribution in [0.15, 0.2) is 44.7 Å². The van der Waals surface area contributed by atoms with Crippen molar-refractivity contribution in [2.45, 2.75) is 31.1 Å². The molecule has 1 aliphatic rings. The Morgan fingerprint density at radius 3 is 2.62 bits per heavy atom. The average Bonchev–Trinajstić information content (AvgIpc) is 2.92. The molecule has 0 bridgehead atoms. The minimum atomic E-state index is -3.74. The summed E-state index contributed by atoms with van der Waals surface area (Å²) >= 11 is 0. The highest BCUT2D eigenvalue weighted by molar-refractivity contribution is 7.89. The number of hydrogen-bond donors (Lipinski definition) is 2. The van der Waals surface area contributed by atoms with Gasteiger partial charge < -0.3 is 10.2 Å². The van der Waals surface area contributed by atoms with Crippen molar-refractivity contribution in [3.05, 3.63) is 53.0 Å². The minimum Gasteiger partial charge on any atom is -0.455 e. The van der Waals surface area contributed by atoms with Gasteiger partial charge >= 0.3 is 0 Å². The third-order valence-corrected chi connectivity index (χ3v) is 5.13.